The molecule has 0 saturated heterocycles. The number of aryl methyl sites for hydroxylation is 1. The van der Waals surface area contributed by atoms with Crippen molar-refractivity contribution in [3.05, 3.63) is 65.2 Å². The molecule has 0 aromatic heterocycles. The van der Waals surface area contributed by atoms with Gasteiger partial charge in [0.15, 0.2) is 0 Å². The zero-order valence-corrected chi connectivity index (χ0v) is 14.7. The number of aliphatic hydroxyl groups excluding tert-OH is 1. The Morgan fingerprint density at radius 1 is 1.12 bits per heavy atom. The first-order valence-corrected chi connectivity index (χ1v) is 8.29. The number of hydrogen-bond donors (Lipinski definition) is 3. The molecule has 2 amide bonds. The molecule has 0 aliphatic rings. The van der Waals surface area contributed by atoms with Crippen LogP contribution in [0.25, 0.3) is 0 Å². The topological polar surface area (TPSA) is 78.4 Å². The SMILES string of the molecule is CC(=O)Nc1cc(C(=O)NC(C)CC(O)c2ccccc2)ccc1C. The van der Waals surface area contributed by atoms with E-state index in [0.717, 1.165) is 11.1 Å². The second-order valence-corrected chi connectivity index (χ2v) is 6.25. The molecule has 0 aliphatic carbocycles. The van der Waals surface area contributed by atoms with Crippen LogP contribution in [-0.2, 0) is 4.79 Å². The van der Waals surface area contributed by atoms with Gasteiger partial charge in [0.1, 0.15) is 0 Å². The van der Waals surface area contributed by atoms with E-state index in [9.17, 15) is 14.7 Å². The molecule has 2 aromatic rings. The first-order valence-electron chi connectivity index (χ1n) is 8.29. The molecule has 2 unspecified atom stereocenters. The summed E-state index contributed by atoms with van der Waals surface area (Å²) in [6.07, 6.45) is -0.218. The number of hydrogen-bond acceptors (Lipinski definition) is 3. The predicted octanol–water partition coefficient (Wildman–Crippen LogP) is 3.20. The van der Waals surface area contributed by atoms with Gasteiger partial charge in [-0.1, -0.05) is 36.4 Å². The number of carbonyl (C=O) groups is 2. The van der Waals surface area contributed by atoms with Crippen LogP contribution in [0.1, 0.15) is 47.9 Å². The van der Waals surface area contributed by atoms with Crippen LogP contribution in [0.4, 0.5) is 5.69 Å². The van der Waals surface area contributed by atoms with Crippen molar-refractivity contribution < 1.29 is 14.7 Å². The van der Waals surface area contributed by atoms with Crippen molar-refractivity contribution in [3.8, 4) is 0 Å². The molecular formula is C20H24N2O3. The van der Waals surface area contributed by atoms with Gasteiger partial charge in [0.2, 0.25) is 5.91 Å². The lowest BCUT2D eigenvalue weighted by Crippen LogP contribution is -2.33. The third-order valence-electron chi connectivity index (χ3n) is 3.95. The Balaban J connectivity index is 2.00. The van der Waals surface area contributed by atoms with Crippen molar-refractivity contribution in [3.63, 3.8) is 0 Å². The van der Waals surface area contributed by atoms with Crippen LogP contribution >= 0.6 is 0 Å². The average Bonchev–Trinajstić information content (AvgIpc) is 2.57. The maximum atomic E-state index is 12.4. The molecule has 132 valence electrons. The minimum Gasteiger partial charge on any atom is -0.388 e. The van der Waals surface area contributed by atoms with Crippen LogP contribution in [0.2, 0.25) is 0 Å². The summed E-state index contributed by atoms with van der Waals surface area (Å²) in [5.41, 5.74) is 2.80. The van der Waals surface area contributed by atoms with Crippen molar-refractivity contribution in [2.45, 2.75) is 39.3 Å². The normalized spacial score (nSPS) is 13.0. The molecule has 0 spiro atoms. The van der Waals surface area contributed by atoms with Gasteiger partial charge < -0.3 is 15.7 Å². The highest BCUT2D eigenvalue weighted by atomic mass is 16.3. The molecule has 0 heterocycles. The molecule has 5 heteroatoms. The Morgan fingerprint density at radius 3 is 2.44 bits per heavy atom. The van der Waals surface area contributed by atoms with Crippen LogP contribution < -0.4 is 10.6 Å². The predicted molar refractivity (Wildman–Crippen MR) is 98.4 cm³/mol. The maximum absolute atomic E-state index is 12.4. The molecule has 25 heavy (non-hydrogen) atoms. The summed E-state index contributed by atoms with van der Waals surface area (Å²) in [6, 6.07) is 14.3. The molecule has 0 fully saturated rings. The first-order chi connectivity index (χ1) is 11.9. The summed E-state index contributed by atoms with van der Waals surface area (Å²) in [5.74, 6) is -0.417. The van der Waals surface area contributed by atoms with Gasteiger partial charge in [0.05, 0.1) is 6.10 Å². The Bertz CT molecular complexity index is 744. The van der Waals surface area contributed by atoms with Gasteiger partial charge in [-0.2, -0.15) is 0 Å². The quantitative estimate of drug-likeness (QED) is 0.755. The van der Waals surface area contributed by atoms with E-state index in [4.69, 9.17) is 0 Å². The van der Waals surface area contributed by atoms with Crippen molar-refractivity contribution >= 4 is 17.5 Å². The summed E-state index contributed by atoms with van der Waals surface area (Å²) in [6.45, 7) is 5.15. The second-order valence-electron chi connectivity index (χ2n) is 6.25. The van der Waals surface area contributed by atoms with E-state index in [1.54, 1.807) is 18.2 Å². The Morgan fingerprint density at radius 2 is 1.80 bits per heavy atom. The minimum absolute atomic E-state index is 0.181. The van der Waals surface area contributed by atoms with Crippen molar-refractivity contribution in [2.24, 2.45) is 0 Å². The van der Waals surface area contributed by atoms with Crippen LogP contribution in [0.3, 0.4) is 0 Å². The highest BCUT2D eigenvalue weighted by Crippen LogP contribution is 2.19. The summed E-state index contributed by atoms with van der Waals surface area (Å²) >= 11 is 0. The number of benzene rings is 2. The van der Waals surface area contributed by atoms with Crippen LogP contribution in [0, 0.1) is 6.92 Å². The standard InChI is InChI=1S/C20H24N2O3/c1-13-9-10-17(12-18(13)22-15(3)23)20(25)21-14(2)11-19(24)16-7-5-4-6-8-16/h4-10,12,14,19,24H,11H2,1-3H3,(H,21,25)(H,22,23). The molecule has 5 nitrogen and oxygen atoms in total. The molecule has 0 bridgehead atoms. The van der Waals surface area contributed by atoms with Crippen molar-refractivity contribution in [2.75, 3.05) is 5.32 Å². The summed E-state index contributed by atoms with van der Waals surface area (Å²) < 4.78 is 0. The molecule has 0 aliphatic heterocycles. The van der Waals surface area contributed by atoms with Crippen molar-refractivity contribution in [1.82, 2.24) is 5.32 Å². The minimum atomic E-state index is -0.635. The molecule has 2 atom stereocenters. The van der Waals surface area contributed by atoms with E-state index in [0.29, 0.717) is 17.7 Å². The molecule has 0 radical (unpaired) electrons. The Labute approximate surface area is 148 Å². The van der Waals surface area contributed by atoms with Crippen LogP contribution in [0.15, 0.2) is 48.5 Å². The summed E-state index contributed by atoms with van der Waals surface area (Å²) in [7, 11) is 0. The molecule has 0 saturated carbocycles. The van der Waals surface area contributed by atoms with Gasteiger partial charge in [-0.25, -0.2) is 0 Å². The summed E-state index contributed by atoms with van der Waals surface area (Å²) in [5, 5.41) is 15.9. The smallest absolute Gasteiger partial charge is 0.251 e. The third-order valence-corrected chi connectivity index (χ3v) is 3.95. The highest BCUT2D eigenvalue weighted by Gasteiger charge is 2.16. The molecule has 3 N–H and O–H groups in total. The first kappa shape index (κ1) is 18.7. The second kappa shape index (κ2) is 8.44. The van der Waals surface area contributed by atoms with E-state index in [2.05, 4.69) is 10.6 Å². The van der Waals surface area contributed by atoms with Crippen LogP contribution in [-0.4, -0.2) is 23.0 Å². The number of nitrogens with one attached hydrogen (secondary N) is 2. The zero-order valence-electron chi connectivity index (χ0n) is 14.7. The van der Waals surface area contributed by atoms with E-state index < -0.39 is 6.10 Å². The largest absolute Gasteiger partial charge is 0.388 e. The summed E-state index contributed by atoms with van der Waals surface area (Å²) in [4.78, 5) is 23.7. The molecule has 2 aromatic carbocycles. The Hall–Kier alpha value is -2.66. The average molecular weight is 340 g/mol. The van der Waals surface area contributed by atoms with Gasteiger partial charge >= 0.3 is 0 Å². The lowest BCUT2D eigenvalue weighted by Gasteiger charge is -2.18. The highest BCUT2D eigenvalue weighted by molar-refractivity contribution is 5.97. The third kappa shape index (κ3) is 5.43. The van der Waals surface area contributed by atoms with E-state index in [-0.39, 0.29) is 17.9 Å². The monoisotopic (exact) mass is 340 g/mol. The lowest BCUT2D eigenvalue weighted by atomic mass is 10.0. The van der Waals surface area contributed by atoms with Gasteiger partial charge in [0, 0.05) is 24.2 Å². The van der Waals surface area contributed by atoms with E-state index >= 15 is 0 Å². The number of anilines is 1. The Kier molecular flexibility index (Phi) is 6.31. The fraction of sp³-hybridized carbons (Fsp3) is 0.300. The molecule has 2 rings (SSSR count). The van der Waals surface area contributed by atoms with Gasteiger partial charge in [-0.15, -0.1) is 0 Å². The number of rotatable bonds is 6. The van der Waals surface area contributed by atoms with E-state index in [1.165, 1.54) is 6.92 Å². The van der Waals surface area contributed by atoms with Gasteiger partial charge in [0.25, 0.3) is 5.91 Å². The lowest BCUT2D eigenvalue weighted by molar-refractivity contribution is -0.114. The fourth-order valence-corrected chi connectivity index (χ4v) is 2.60. The maximum Gasteiger partial charge on any atom is 0.251 e. The number of carbonyl (C=O) groups excluding carboxylic acids is 2. The van der Waals surface area contributed by atoms with Crippen molar-refractivity contribution in [1.29, 1.82) is 0 Å². The number of amides is 2. The van der Waals surface area contributed by atoms with E-state index in [1.807, 2.05) is 44.2 Å². The van der Waals surface area contributed by atoms with Gasteiger partial charge in [-0.3, -0.25) is 9.59 Å². The fourth-order valence-electron chi connectivity index (χ4n) is 2.60. The van der Waals surface area contributed by atoms with Gasteiger partial charge in [-0.05, 0) is 43.5 Å². The zero-order chi connectivity index (χ0) is 18.4. The number of aliphatic hydroxyl groups is 1. The van der Waals surface area contributed by atoms with Crippen LogP contribution in [0.5, 0.6) is 0 Å². The molecular weight excluding hydrogens is 316 g/mol.